The Morgan fingerprint density at radius 1 is 0.935 bits per heavy atom. The zero-order valence-electron chi connectivity index (χ0n) is 16.6. The monoisotopic (exact) mass is 497 g/mol. The number of rotatable bonds is 6. The molecule has 0 saturated carbocycles. The number of ether oxygens (including phenoxy) is 1. The predicted molar refractivity (Wildman–Crippen MR) is 130 cm³/mol. The number of carbonyl (C=O) groups is 2. The Bertz CT molecular complexity index is 1090. The lowest BCUT2D eigenvalue weighted by Gasteiger charge is -2.11. The number of nitrogens with one attached hydrogen (secondary N) is 3. The summed E-state index contributed by atoms with van der Waals surface area (Å²) in [4.78, 5) is 24.5. The molecule has 158 valence electrons. The molecule has 0 atom stereocenters. The van der Waals surface area contributed by atoms with Crippen LogP contribution >= 0.6 is 28.1 Å². The molecule has 0 unspecified atom stereocenters. The first-order valence-corrected chi connectivity index (χ1v) is 10.5. The number of hydrogen-bond acceptors (Lipinski definition) is 4. The molecule has 3 aromatic carbocycles. The quantitative estimate of drug-likeness (QED) is 0.427. The first kappa shape index (κ1) is 22.5. The molecular formula is C23H20BrN3O3S. The van der Waals surface area contributed by atoms with Crippen molar-refractivity contribution in [3.8, 4) is 5.75 Å². The number of halogens is 1. The first-order chi connectivity index (χ1) is 14.9. The van der Waals surface area contributed by atoms with E-state index in [0.29, 0.717) is 33.6 Å². The van der Waals surface area contributed by atoms with Crippen LogP contribution in [0.25, 0.3) is 0 Å². The number of anilines is 2. The number of thiocarbonyl (C=S) groups is 1. The van der Waals surface area contributed by atoms with E-state index in [2.05, 4.69) is 31.9 Å². The SMILES string of the molecule is COc1ccc(C(=O)NC(=S)Nc2ccc(NC(=O)Cc3ccccc3)cc2)cc1Br. The molecular weight excluding hydrogens is 478 g/mol. The molecule has 31 heavy (non-hydrogen) atoms. The third kappa shape index (κ3) is 6.63. The number of hydrogen-bond donors (Lipinski definition) is 3. The highest BCUT2D eigenvalue weighted by atomic mass is 79.9. The lowest BCUT2D eigenvalue weighted by Crippen LogP contribution is -2.34. The van der Waals surface area contributed by atoms with Crippen LogP contribution in [0.3, 0.4) is 0 Å². The largest absolute Gasteiger partial charge is 0.496 e. The van der Waals surface area contributed by atoms with Crippen molar-refractivity contribution >= 4 is 56.4 Å². The topological polar surface area (TPSA) is 79.5 Å². The van der Waals surface area contributed by atoms with Gasteiger partial charge in [0.05, 0.1) is 18.0 Å². The third-order valence-electron chi connectivity index (χ3n) is 4.28. The molecule has 0 aliphatic carbocycles. The lowest BCUT2D eigenvalue weighted by atomic mass is 10.1. The minimum atomic E-state index is -0.342. The maximum absolute atomic E-state index is 12.4. The summed E-state index contributed by atoms with van der Waals surface area (Å²) in [5.41, 5.74) is 2.74. The van der Waals surface area contributed by atoms with E-state index in [9.17, 15) is 9.59 Å². The Balaban J connectivity index is 1.52. The van der Waals surface area contributed by atoms with Gasteiger partial charge in [0.15, 0.2) is 5.11 Å². The van der Waals surface area contributed by atoms with Crippen molar-refractivity contribution in [1.29, 1.82) is 0 Å². The average Bonchev–Trinajstić information content (AvgIpc) is 2.75. The lowest BCUT2D eigenvalue weighted by molar-refractivity contribution is -0.115. The van der Waals surface area contributed by atoms with Gasteiger partial charge in [-0.25, -0.2) is 0 Å². The van der Waals surface area contributed by atoms with Crippen molar-refractivity contribution in [2.45, 2.75) is 6.42 Å². The van der Waals surface area contributed by atoms with Crippen molar-refractivity contribution in [2.24, 2.45) is 0 Å². The smallest absolute Gasteiger partial charge is 0.257 e. The van der Waals surface area contributed by atoms with Gasteiger partial charge in [-0.05, 0) is 76.2 Å². The van der Waals surface area contributed by atoms with Crippen LogP contribution in [0.4, 0.5) is 11.4 Å². The third-order valence-corrected chi connectivity index (χ3v) is 5.10. The highest BCUT2D eigenvalue weighted by Crippen LogP contribution is 2.25. The fourth-order valence-electron chi connectivity index (χ4n) is 2.77. The standard InChI is InChI=1S/C23H20BrN3O3S/c1-30-20-12-7-16(14-19(20)24)22(29)27-23(31)26-18-10-8-17(9-11-18)25-21(28)13-15-5-3-2-4-6-15/h2-12,14H,13H2,1H3,(H,25,28)(H2,26,27,29,31). The molecule has 0 aliphatic rings. The number of benzene rings is 3. The van der Waals surface area contributed by atoms with Crippen molar-refractivity contribution in [3.05, 3.63) is 88.4 Å². The van der Waals surface area contributed by atoms with Gasteiger partial charge in [0.2, 0.25) is 5.91 Å². The molecule has 0 spiro atoms. The van der Waals surface area contributed by atoms with Crippen LogP contribution in [0.1, 0.15) is 15.9 Å². The Kier molecular flexibility index (Phi) is 7.75. The van der Waals surface area contributed by atoms with Gasteiger partial charge in [-0.3, -0.25) is 14.9 Å². The summed E-state index contributed by atoms with van der Waals surface area (Å²) in [5.74, 6) is 0.194. The van der Waals surface area contributed by atoms with Crippen LogP contribution in [-0.2, 0) is 11.2 Å². The van der Waals surface area contributed by atoms with Gasteiger partial charge in [0, 0.05) is 16.9 Å². The van der Waals surface area contributed by atoms with Crippen molar-refractivity contribution in [2.75, 3.05) is 17.7 Å². The minimum Gasteiger partial charge on any atom is -0.496 e. The summed E-state index contributed by atoms with van der Waals surface area (Å²) >= 11 is 8.57. The summed E-state index contributed by atoms with van der Waals surface area (Å²) in [6, 6.07) is 21.6. The van der Waals surface area contributed by atoms with Gasteiger partial charge in [-0.15, -0.1) is 0 Å². The predicted octanol–water partition coefficient (Wildman–Crippen LogP) is 4.77. The summed E-state index contributed by atoms with van der Waals surface area (Å²) < 4.78 is 5.83. The number of carbonyl (C=O) groups excluding carboxylic acids is 2. The molecule has 3 rings (SSSR count). The van der Waals surface area contributed by atoms with Crippen molar-refractivity contribution in [1.82, 2.24) is 5.32 Å². The van der Waals surface area contributed by atoms with Gasteiger partial charge in [-0.2, -0.15) is 0 Å². The highest BCUT2D eigenvalue weighted by Gasteiger charge is 2.11. The van der Waals surface area contributed by atoms with Crippen LogP contribution < -0.4 is 20.7 Å². The van der Waals surface area contributed by atoms with Gasteiger partial charge >= 0.3 is 0 Å². The Labute approximate surface area is 194 Å². The molecule has 8 heteroatoms. The normalized spacial score (nSPS) is 10.1. The van der Waals surface area contributed by atoms with E-state index in [1.165, 1.54) is 0 Å². The molecule has 6 nitrogen and oxygen atoms in total. The molecule has 3 aromatic rings. The fourth-order valence-corrected chi connectivity index (χ4v) is 3.52. The van der Waals surface area contributed by atoms with E-state index in [4.69, 9.17) is 17.0 Å². The number of amides is 2. The number of methoxy groups -OCH3 is 1. The summed E-state index contributed by atoms with van der Waals surface area (Å²) in [7, 11) is 1.55. The summed E-state index contributed by atoms with van der Waals surface area (Å²) in [6.07, 6.45) is 0.304. The van der Waals surface area contributed by atoms with Gasteiger partial charge < -0.3 is 15.4 Å². The Morgan fingerprint density at radius 2 is 1.58 bits per heavy atom. The molecule has 0 saturated heterocycles. The molecule has 0 fully saturated rings. The van der Waals surface area contributed by atoms with Crippen molar-refractivity contribution in [3.63, 3.8) is 0 Å². The molecule has 0 bridgehead atoms. The van der Waals surface area contributed by atoms with Crippen LogP contribution in [-0.4, -0.2) is 24.0 Å². The van der Waals surface area contributed by atoms with Crippen LogP contribution in [0, 0.1) is 0 Å². The second-order valence-corrected chi connectivity index (χ2v) is 7.81. The molecule has 0 aliphatic heterocycles. The second kappa shape index (κ2) is 10.7. The Morgan fingerprint density at radius 3 is 2.19 bits per heavy atom. The summed E-state index contributed by atoms with van der Waals surface area (Å²) in [6.45, 7) is 0. The maximum Gasteiger partial charge on any atom is 0.257 e. The van der Waals surface area contributed by atoms with Gasteiger partial charge in [-0.1, -0.05) is 30.3 Å². The molecule has 0 aromatic heterocycles. The second-order valence-electron chi connectivity index (χ2n) is 6.55. The van der Waals surface area contributed by atoms with Crippen molar-refractivity contribution < 1.29 is 14.3 Å². The Hall–Kier alpha value is -3.23. The average molecular weight is 498 g/mol. The van der Waals surface area contributed by atoms with Gasteiger partial charge in [0.25, 0.3) is 5.91 Å². The maximum atomic E-state index is 12.4. The van der Waals surface area contributed by atoms with Crippen LogP contribution in [0.2, 0.25) is 0 Å². The first-order valence-electron chi connectivity index (χ1n) is 9.34. The van der Waals surface area contributed by atoms with E-state index < -0.39 is 0 Å². The molecule has 0 heterocycles. The molecule has 2 amide bonds. The van der Waals surface area contributed by atoms with Crippen LogP contribution in [0.5, 0.6) is 5.75 Å². The minimum absolute atomic E-state index is 0.0969. The van der Waals surface area contributed by atoms with E-state index in [1.54, 1.807) is 49.6 Å². The molecule has 3 N–H and O–H groups in total. The summed E-state index contributed by atoms with van der Waals surface area (Å²) in [5, 5.41) is 8.60. The van der Waals surface area contributed by atoms with E-state index in [-0.39, 0.29) is 16.9 Å². The zero-order chi connectivity index (χ0) is 22.2. The van der Waals surface area contributed by atoms with E-state index >= 15 is 0 Å². The van der Waals surface area contributed by atoms with Gasteiger partial charge in [0.1, 0.15) is 5.75 Å². The van der Waals surface area contributed by atoms with Crippen LogP contribution in [0.15, 0.2) is 77.3 Å². The zero-order valence-corrected chi connectivity index (χ0v) is 19.0. The van der Waals surface area contributed by atoms with E-state index in [0.717, 1.165) is 5.56 Å². The van der Waals surface area contributed by atoms with E-state index in [1.807, 2.05) is 30.3 Å². The molecule has 0 radical (unpaired) electrons. The highest BCUT2D eigenvalue weighted by molar-refractivity contribution is 9.10. The fraction of sp³-hybridized carbons (Fsp3) is 0.0870.